The van der Waals surface area contributed by atoms with Gasteiger partial charge in [0, 0.05) is 10.8 Å². The molecule has 4 nitrogen and oxygen atoms in total. The summed E-state index contributed by atoms with van der Waals surface area (Å²) in [5.41, 5.74) is 1.44. The smallest absolute Gasteiger partial charge is 0.226 e. The Labute approximate surface area is 210 Å². The minimum Gasteiger partial charge on any atom is -0.492 e. The van der Waals surface area contributed by atoms with Crippen LogP contribution in [0.25, 0.3) is 22.0 Å². The standard InChI is InChI=1S/C30H41FN2O2/c1-3-5-7-9-11-15-21-34-24-19-20-27(32-23-24)28-25-17-13-14-18-26(25)29(31)33-30(28)35-22-16-12-10-8-6-4-2/h13-14,17-20,23H,3-12,15-16,21-22H2,1-2H3. The van der Waals surface area contributed by atoms with Crippen LogP contribution in [0, 0.1) is 5.95 Å². The third-order valence-electron chi connectivity index (χ3n) is 6.33. The van der Waals surface area contributed by atoms with Gasteiger partial charge in [-0.2, -0.15) is 9.37 Å². The topological polar surface area (TPSA) is 44.2 Å². The molecule has 0 atom stereocenters. The molecule has 0 saturated carbocycles. The lowest BCUT2D eigenvalue weighted by Crippen LogP contribution is -2.04. The lowest BCUT2D eigenvalue weighted by atomic mass is 10.0. The molecular weight excluding hydrogens is 439 g/mol. The van der Waals surface area contributed by atoms with Crippen molar-refractivity contribution in [1.82, 2.24) is 9.97 Å². The predicted octanol–water partition coefficient (Wildman–Crippen LogP) is 8.91. The summed E-state index contributed by atoms with van der Waals surface area (Å²) in [4.78, 5) is 8.82. The van der Waals surface area contributed by atoms with Gasteiger partial charge in [0.25, 0.3) is 0 Å². The normalized spacial score (nSPS) is 11.2. The lowest BCUT2D eigenvalue weighted by Gasteiger charge is -2.14. The van der Waals surface area contributed by atoms with Crippen molar-refractivity contribution in [3.8, 4) is 22.9 Å². The Bertz CT molecular complexity index is 1010. The van der Waals surface area contributed by atoms with E-state index >= 15 is 0 Å². The first kappa shape index (κ1) is 26.9. The number of pyridine rings is 2. The largest absolute Gasteiger partial charge is 0.492 e. The van der Waals surface area contributed by atoms with Crippen molar-refractivity contribution in [2.75, 3.05) is 13.2 Å². The van der Waals surface area contributed by atoms with Crippen molar-refractivity contribution in [2.45, 2.75) is 90.9 Å². The van der Waals surface area contributed by atoms with Crippen LogP contribution in [-0.4, -0.2) is 23.2 Å². The first-order chi connectivity index (χ1) is 17.2. The third-order valence-corrected chi connectivity index (χ3v) is 6.33. The van der Waals surface area contributed by atoms with Crippen LogP contribution in [0.1, 0.15) is 90.9 Å². The van der Waals surface area contributed by atoms with Gasteiger partial charge in [-0.05, 0) is 31.0 Å². The number of benzene rings is 1. The van der Waals surface area contributed by atoms with E-state index in [2.05, 4.69) is 23.8 Å². The first-order valence-electron chi connectivity index (χ1n) is 13.5. The van der Waals surface area contributed by atoms with Gasteiger partial charge in [-0.15, -0.1) is 0 Å². The van der Waals surface area contributed by atoms with E-state index in [1.807, 2.05) is 30.3 Å². The average Bonchev–Trinajstić information content (AvgIpc) is 2.88. The molecule has 0 aliphatic carbocycles. The molecule has 0 aliphatic rings. The number of unbranched alkanes of at least 4 members (excludes halogenated alkanes) is 10. The highest BCUT2D eigenvalue weighted by Gasteiger charge is 2.18. The summed E-state index contributed by atoms with van der Waals surface area (Å²) < 4.78 is 26.7. The molecule has 2 aromatic heterocycles. The van der Waals surface area contributed by atoms with Crippen LogP contribution in [0.15, 0.2) is 42.6 Å². The zero-order chi connectivity index (χ0) is 24.7. The van der Waals surface area contributed by atoms with Crippen LogP contribution in [0.5, 0.6) is 11.6 Å². The van der Waals surface area contributed by atoms with E-state index in [-0.39, 0.29) is 0 Å². The van der Waals surface area contributed by atoms with Crippen molar-refractivity contribution in [3.63, 3.8) is 0 Å². The molecule has 0 aliphatic heterocycles. The number of ether oxygens (including phenoxy) is 2. The molecule has 0 N–H and O–H groups in total. The number of nitrogens with zero attached hydrogens (tertiary/aromatic N) is 2. The summed E-state index contributed by atoms with van der Waals surface area (Å²) in [7, 11) is 0. The molecule has 0 spiro atoms. The number of halogens is 1. The third kappa shape index (κ3) is 8.48. The molecule has 2 heterocycles. The summed E-state index contributed by atoms with van der Waals surface area (Å²) in [5.74, 6) is 0.542. The minimum absolute atomic E-state index is 0.308. The van der Waals surface area contributed by atoms with Crippen molar-refractivity contribution < 1.29 is 13.9 Å². The number of hydrogen-bond acceptors (Lipinski definition) is 4. The fourth-order valence-electron chi connectivity index (χ4n) is 4.29. The minimum atomic E-state index is -0.513. The maximum absolute atomic E-state index is 14.8. The molecule has 3 aromatic rings. The summed E-state index contributed by atoms with van der Waals surface area (Å²) in [5, 5.41) is 1.23. The molecule has 1 aromatic carbocycles. The van der Waals surface area contributed by atoms with E-state index in [0.717, 1.165) is 36.0 Å². The quantitative estimate of drug-likeness (QED) is 0.143. The second kappa shape index (κ2) is 15.3. The molecule has 190 valence electrons. The number of aromatic nitrogens is 2. The molecular formula is C30H41FN2O2. The zero-order valence-electron chi connectivity index (χ0n) is 21.5. The molecule has 5 heteroatoms. The highest BCUT2D eigenvalue weighted by atomic mass is 19.1. The van der Waals surface area contributed by atoms with Gasteiger partial charge in [0.15, 0.2) is 0 Å². The van der Waals surface area contributed by atoms with Crippen LogP contribution in [0.4, 0.5) is 4.39 Å². The highest BCUT2D eigenvalue weighted by molar-refractivity contribution is 5.97. The van der Waals surface area contributed by atoms with Crippen LogP contribution >= 0.6 is 0 Å². The SMILES string of the molecule is CCCCCCCCOc1ccc(-c2c(OCCCCCCCC)nc(F)c3ccccc23)nc1. The van der Waals surface area contributed by atoms with Gasteiger partial charge in [-0.1, -0.05) is 96.3 Å². The lowest BCUT2D eigenvalue weighted by molar-refractivity contribution is 0.291. The van der Waals surface area contributed by atoms with E-state index in [9.17, 15) is 4.39 Å². The number of fused-ring (bicyclic) bond motifs is 1. The maximum atomic E-state index is 14.8. The fraction of sp³-hybridized carbons (Fsp3) is 0.533. The highest BCUT2D eigenvalue weighted by Crippen LogP contribution is 2.36. The van der Waals surface area contributed by atoms with Crippen molar-refractivity contribution >= 4 is 10.8 Å². The second-order valence-corrected chi connectivity index (χ2v) is 9.24. The molecule has 0 unspecified atom stereocenters. The number of rotatable bonds is 17. The zero-order valence-corrected chi connectivity index (χ0v) is 21.5. The van der Waals surface area contributed by atoms with Gasteiger partial charge in [0.2, 0.25) is 11.8 Å². The first-order valence-corrected chi connectivity index (χ1v) is 13.5. The summed E-state index contributed by atoms with van der Waals surface area (Å²) >= 11 is 0. The van der Waals surface area contributed by atoms with E-state index in [1.165, 1.54) is 57.8 Å². The summed E-state index contributed by atoms with van der Waals surface area (Å²) in [6.07, 6.45) is 16.1. The van der Waals surface area contributed by atoms with Gasteiger partial charge in [-0.25, -0.2) is 0 Å². The molecule has 0 fully saturated rings. The molecule has 0 saturated heterocycles. The van der Waals surface area contributed by atoms with Gasteiger partial charge in [0.1, 0.15) is 5.75 Å². The molecule has 3 rings (SSSR count). The van der Waals surface area contributed by atoms with Gasteiger partial charge >= 0.3 is 0 Å². The van der Waals surface area contributed by atoms with Crippen molar-refractivity contribution in [2.24, 2.45) is 0 Å². The Balaban J connectivity index is 1.67. The Hall–Kier alpha value is -2.69. The Morgan fingerprint density at radius 3 is 1.91 bits per heavy atom. The van der Waals surface area contributed by atoms with Crippen LogP contribution < -0.4 is 9.47 Å². The van der Waals surface area contributed by atoms with Crippen molar-refractivity contribution in [1.29, 1.82) is 0 Å². The average molecular weight is 481 g/mol. The number of hydrogen-bond donors (Lipinski definition) is 0. The molecule has 0 amide bonds. The van der Waals surface area contributed by atoms with Gasteiger partial charge < -0.3 is 9.47 Å². The van der Waals surface area contributed by atoms with E-state index < -0.39 is 5.95 Å². The van der Waals surface area contributed by atoms with Crippen LogP contribution in [0.2, 0.25) is 0 Å². The predicted molar refractivity (Wildman–Crippen MR) is 143 cm³/mol. The maximum Gasteiger partial charge on any atom is 0.226 e. The van der Waals surface area contributed by atoms with Gasteiger partial charge in [0.05, 0.1) is 30.7 Å². The van der Waals surface area contributed by atoms with E-state index in [4.69, 9.17) is 9.47 Å². The van der Waals surface area contributed by atoms with E-state index in [1.54, 1.807) is 12.3 Å². The van der Waals surface area contributed by atoms with Crippen LogP contribution in [-0.2, 0) is 0 Å². The van der Waals surface area contributed by atoms with Crippen LogP contribution in [0.3, 0.4) is 0 Å². The van der Waals surface area contributed by atoms with E-state index in [0.29, 0.717) is 30.2 Å². The van der Waals surface area contributed by atoms with Crippen molar-refractivity contribution in [3.05, 3.63) is 48.5 Å². The molecule has 35 heavy (non-hydrogen) atoms. The molecule has 0 bridgehead atoms. The Morgan fingerprint density at radius 1 is 0.686 bits per heavy atom. The monoisotopic (exact) mass is 480 g/mol. The fourth-order valence-corrected chi connectivity index (χ4v) is 4.29. The second-order valence-electron chi connectivity index (χ2n) is 9.24. The summed E-state index contributed by atoms with van der Waals surface area (Å²) in [6, 6.07) is 11.2. The molecule has 0 radical (unpaired) electrons. The summed E-state index contributed by atoms with van der Waals surface area (Å²) in [6.45, 7) is 5.66. The Kier molecular flexibility index (Phi) is 11.8. The Morgan fingerprint density at radius 2 is 1.29 bits per heavy atom. The van der Waals surface area contributed by atoms with Gasteiger partial charge in [-0.3, -0.25) is 4.98 Å².